The van der Waals surface area contributed by atoms with Crippen LogP contribution in [0.3, 0.4) is 0 Å². The number of piperidine rings is 1. The van der Waals surface area contributed by atoms with Gasteiger partial charge >= 0.3 is 0 Å². The Morgan fingerprint density at radius 3 is 2.51 bits per heavy atom. The predicted octanol–water partition coefficient (Wildman–Crippen LogP) is 5.92. The smallest absolute Gasteiger partial charge is 0.162 e. The fourth-order valence-electron chi connectivity index (χ4n) is 6.50. The van der Waals surface area contributed by atoms with Gasteiger partial charge in [-0.25, -0.2) is 9.97 Å². The van der Waals surface area contributed by atoms with E-state index in [-0.39, 0.29) is 5.41 Å². The number of ether oxygens (including phenoxy) is 2. The van der Waals surface area contributed by atoms with Gasteiger partial charge in [-0.3, -0.25) is 0 Å². The molecule has 0 radical (unpaired) electrons. The van der Waals surface area contributed by atoms with Crippen LogP contribution in [0.4, 0.5) is 11.5 Å². The Kier molecular flexibility index (Phi) is 6.88. The third kappa shape index (κ3) is 4.82. The minimum Gasteiger partial charge on any atom is -0.381 e. The molecule has 2 aromatic carbocycles. The van der Waals surface area contributed by atoms with Crippen molar-refractivity contribution in [2.75, 3.05) is 43.2 Å². The zero-order chi connectivity index (χ0) is 27.3. The van der Waals surface area contributed by atoms with Crippen LogP contribution >= 0.6 is 0 Å². The highest BCUT2D eigenvalue weighted by atomic mass is 16.5. The SMILES string of the molecule is COC1CCN(c2nc(-c3cc(C)ccc3C)nc3c2CN(c2cc(C4(C)COC4)ccc2C)CC3)C(C)C1. The first-order valence-electron chi connectivity index (χ1n) is 14.5. The molecule has 2 saturated heterocycles. The largest absolute Gasteiger partial charge is 0.381 e. The van der Waals surface area contributed by atoms with Crippen molar-refractivity contribution in [2.45, 2.75) is 78.0 Å². The fraction of sp³-hybridized carbons (Fsp3) is 0.515. The number of fused-ring (bicyclic) bond motifs is 1. The maximum atomic E-state index is 5.74. The third-order valence-corrected chi connectivity index (χ3v) is 9.19. The summed E-state index contributed by atoms with van der Waals surface area (Å²) in [7, 11) is 1.84. The summed E-state index contributed by atoms with van der Waals surface area (Å²) in [4.78, 5) is 15.6. The first-order valence-corrected chi connectivity index (χ1v) is 14.5. The van der Waals surface area contributed by atoms with E-state index in [9.17, 15) is 0 Å². The maximum absolute atomic E-state index is 5.74. The van der Waals surface area contributed by atoms with E-state index >= 15 is 0 Å². The second-order valence-corrected chi connectivity index (χ2v) is 12.3. The fourth-order valence-corrected chi connectivity index (χ4v) is 6.50. The predicted molar refractivity (Wildman–Crippen MR) is 158 cm³/mol. The molecule has 3 aromatic rings. The second-order valence-electron chi connectivity index (χ2n) is 12.3. The van der Waals surface area contributed by atoms with Crippen LogP contribution < -0.4 is 9.80 Å². The molecule has 206 valence electrons. The summed E-state index contributed by atoms with van der Waals surface area (Å²) >= 11 is 0. The van der Waals surface area contributed by atoms with Gasteiger partial charge in [-0.15, -0.1) is 0 Å². The van der Waals surface area contributed by atoms with Crippen LogP contribution in [0.25, 0.3) is 11.4 Å². The van der Waals surface area contributed by atoms with Gasteiger partial charge in [0.05, 0.1) is 25.0 Å². The van der Waals surface area contributed by atoms with E-state index in [1.807, 2.05) is 7.11 Å². The summed E-state index contributed by atoms with van der Waals surface area (Å²) in [6, 6.07) is 13.9. The molecule has 6 rings (SSSR count). The van der Waals surface area contributed by atoms with Gasteiger partial charge in [0.15, 0.2) is 5.82 Å². The molecule has 3 aliphatic heterocycles. The van der Waals surface area contributed by atoms with Crippen molar-refractivity contribution in [2.24, 2.45) is 0 Å². The Morgan fingerprint density at radius 2 is 1.79 bits per heavy atom. The molecule has 0 bridgehead atoms. The van der Waals surface area contributed by atoms with Crippen molar-refractivity contribution < 1.29 is 9.47 Å². The minimum atomic E-state index is 0.117. The first kappa shape index (κ1) is 26.3. The lowest BCUT2D eigenvalue weighted by Crippen LogP contribution is -2.45. The highest BCUT2D eigenvalue weighted by Gasteiger charge is 2.36. The molecule has 0 N–H and O–H groups in total. The number of methoxy groups -OCH3 is 1. The molecule has 6 heteroatoms. The Morgan fingerprint density at radius 1 is 1.00 bits per heavy atom. The van der Waals surface area contributed by atoms with Crippen LogP contribution in [-0.4, -0.2) is 55.5 Å². The molecule has 39 heavy (non-hydrogen) atoms. The average Bonchev–Trinajstić information content (AvgIpc) is 2.92. The van der Waals surface area contributed by atoms with E-state index in [2.05, 4.69) is 80.8 Å². The van der Waals surface area contributed by atoms with Gasteiger partial charge in [0.2, 0.25) is 0 Å². The van der Waals surface area contributed by atoms with Gasteiger partial charge in [-0.1, -0.05) is 36.8 Å². The quantitative estimate of drug-likeness (QED) is 0.411. The van der Waals surface area contributed by atoms with Crippen molar-refractivity contribution in [1.82, 2.24) is 9.97 Å². The molecule has 0 saturated carbocycles. The molecule has 4 heterocycles. The van der Waals surface area contributed by atoms with E-state index in [0.717, 1.165) is 69.3 Å². The summed E-state index contributed by atoms with van der Waals surface area (Å²) < 4.78 is 11.3. The average molecular weight is 527 g/mol. The zero-order valence-corrected chi connectivity index (χ0v) is 24.4. The van der Waals surface area contributed by atoms with Crippen LogP contribution in [0.2, 0.25) is 0 Å². The van der Waals surface area contributed by atoms with Crippen LogP contribution in [0.1, 0.15) is 60.2 Å². The number of aromatic nitrogens is 2. The summed E-state index contributed by atoms with van der Waals surface area (Å²) in [5.41, 5.74) is 10.2. The summed E-state index contributed by atoms with van der Waals surface area (Å²) in [5.74, 6) is 1.96. The van der Waals surface area contributed by atoms with Crippen molar-refractivity contribution in [3.8, 4) is 11.4 Å². The summed E-state index contributed by atoms with van der Waals surface area (Å²) in [6.07, 6.45) is 3.25. The van der Waals surface area contributed by atoms with Gasteiger partial charge < -0.3 is 19.3 Å². The molecule has 0 spiro atoms. The van der Waals surface area contributed by atoms with E-state index in [4.69, 9.17) is 19.4 Å². The van der Waals surface area contributed by atoms with Gasteiger partial charge in [0, 0.05) is 61.4 Å². The van der Waals surface area contributed by atoms with Crippen molar-refractivity contribution >= 4 is 11.5 Å². The molecule has 6 nitrogen and oxygen atoms in total. The second kappa shape index (κ2) is 10.2. The summed E-state index contributed by atoms with van der Waals surface area (Å²) in [6.45, 7) is 15.5. The zero-order valence-electron chi connectivity index (χ0n) is 24.4. The standard InChI is InChI=1S/C33H42N4O2/c1-21-7-8-22(2)27(15-21)31-34-29-12-13-36(30-17-25(10-9-23(30)3)33(5)19-39-20-33)18-28(29)32(35-31)37-14-11-26(38-6)16-24(37)4/h7-10,15,17,24,26H,11-14,16,18-20H2,1-6H3. The Hall–Kier alpha value is -2.96. The van der Waals surface area contributed by atoms with Gasteiger partial charge in [-0.05, 0) is 69.4 Å². The molecular formula is C33H42N4O2. The van der Waals surface area contributed by atoms with Crippen LogP contribution in [0.15, 0.2) is 36.4 Å². The van der Waals surface area contributed by atoms with Gasteiger partial charge in [0.25, 0.3) is 0 Å². The van der Waals surface area contributed by atoms with E-state index < -0.39 is 0 Å². The van der Waals surface area contributed by atoms with Gasteiger partial charge in [0.1, 0.15) is 5.82 Å². The molecule has 2 atom stereocenters. The number of benzene rings is 2. The van der Waals surface area contributed by atoms with E-state index in [1.165, 1.54) is 39.2 Å². The normalized spacial score (nSPS) is 22.4. The van der Waals surface area contributed by atoms with E-state index in [0.29, 0.717) is 12.1 Å². The number of hydrogen-bond acceptors (Lipinski definition) is 6. The molecule has 0 aliphatic carbocycles. The highest BCUT2D eigenvalue weighted by molar-refractivity contribution is 5.67. The molecule has 2 unspecified atom stereocenters. The maximum Gasteiger partial charge on any atom is 0.162 e. The third-order valence-electron chi connectivity index (χ3n) is 9.19. The minimum absolute atomic E-state index is 0.117. The molecule has 1 aromatic heterocycles. The van der Waals surface area contributed by atoms with Gasteiger partial charge in [-0.2, -0.15) is 0 Å². The number of rotatable bonds is 5. The van der Waals surface area contributed by atoms with Crippen LogP contribution in [0, 0.1) is 20.8 Å². The van der Waals surface area contributed by atoms with Crippen LogP contribution in [0.5, 0.6) is 0 Å². The molecular weight excluding hydrogens is 484 g/mol. The number of anilines is 2. The highest BCUT2D eigenvalue weighted by Crippen LogP contribution is 2.39. The first-order chi connectivity index (χ1) is 18.8. The number of aryl methyl sites for hydroxylation is 3. The molecule has 0 amide bonds. The Bertz CT molecular complexity index is 1380. The monoisotopic (exact) mass is 526 g/mol. The van der Waals surface area contributed by atoms with Crippen molar-refractivity contribution in [1.29, 1.82) is 0 Å². The van der Waals surface area contributed by atoms with Crippen LogP contribution in [-0.2, 0) is 27.9 Å². The Balaban J connectivity index is 1.42. The lowest BCUT2D eigenvalue weighted by molar-refractivity contribution is -0.0499. The lowest BCUT2D eigenvalue weighted by Gasteiger charge is -2.41. The van der Waals surface area contributed by atoms with Crippen molar-refractivity contribution in [3.05, 3.63) is 69.9 Å². The molecule has 3 aliphatic rings. The topological polar surface area (TPSA) is 50.7 Å². The number of nitrogens with zero attached hydrogens (tertiary/aromatic N) is 4. The number of hydrogen-bond donors (Lipinski definition) is 0. The summed E-state index contributed by atoms with van der Waals surface area (Å²) in [5, 5.41) is 0. The molecule has 2 fully saturated rings. The lowest BCUT2D eigenvalue weighted by atomic mass is 9.80. The Labute approximate surface area is 233 Å². The van der Waals surface area contributed by atoms with Crippen molar-refractivity contribution in [3.63, 3.8) is 0 Å². The van der Waals surface area contributed by atoms with E-state index in [1.54, 1.807) is 0 Å².